The third-order valence-electron chi connectivity index (χ3n) is 1.64. The van der Waals surface area contributed by atoms with Crippen molar-refractivity contribution in [2.75, 3.05) is 6.61 Å². The maximum atomic E-state index is 11.0. The van der Waals surface area contributed by atoms with Crippen LogP contribution in [0.4, 0.5) is 0 Å². The van der Waals surface area contributed by atoms with Gasteiger partial charge in [0.2, 0.25) is 0 Å². The zero-order chi connectivity index (χ0) is 9.14. The normalized spacial score (nSPS) is 16.9. The molecule has 4 heteroatoms. The molecule has 0 atom stereocenters. The van der Waals surface area contributed by atoms with Crippen molar-refractivity contribution in [1.29, 1.82) is 0 Å². The van der Waals surface area contributed by atoms with E-state index in [1.165, 1.54) is 0 Å². The van der Waals surface area contributed by atoms with Gasteiger partial charge in [-0.1, -0.05) is 0 Å². The van der Waals surface area contributed by atoms with E-state index in [2.05, 4.69) is 4.74 Å². The number of hydrogen-bond donors (Lipinski definition) is 1. The van der Waals surface area contributed by atoms with E-state index in [1.54, 1.807) is 6.92 Å². The van der Waals surface area contributed by atoms with Gasteiger partial charge in [0.05, 0.1) is 6.61 Å². The van der Waals surface area contributed by atoms with E-state index in [9.17, 15) is 9.59 Å². The second-order valence-electron chi connectivity index (χ2n) is 2.47. The average Bonchev–Trinajstić information content (AvgIpc) is 2.32. The molecule has 0 amide bonds. The smallest absolute Gasteiger partial charge is 0.345 e. The van der Waals surface area contributed by atoms with Gasteiger partial charge in [-0.25, -0.2) is 4.79 Å². The molecule has 0 aliphatic heterocycles. The van der Waals surface area contributed by atoms with Gasteiger partial charge in [0, 0.05) is 12.8 Å². The highest BCUT2D eigenvalue weighted by Crippen LogP contribution is 2.21. The van der Waals surface area contributed by atoms with Crippen LogP contribution in [0.1, 0.15) is 19.8 Å². The quantitative estimate of drug-likeness (QED) is 0.490. The third-order valence-corrected chi connectivity index (χ3v) is 1.64. The molecule has 0 saturated heterocycles. The Labute approximate surface area is 69.8 Å². The summed E-state index contributed by atoms with van der Waals surface area (Å²) in [6.45, 7) is 1.86. The number of aliphatic hydroxyl groups is 1. The fourth-order valence-electron chi connectivity index (χ4n) is 1.08. The Morgan fingerprint density at radius 3 is 2.67 bits per heavy atom. The van der Waals surface area contributed by atoms with E-state index >= 15 is 0 Å². The summed E-state index contributed by atoms with van der Waals surface area (Å²) in [7, 11) is 0. The predicted molar refractivity (Wildman–Crippen MR) is 40.5 cm³/mol. The van der Waals surface area contributed by atoms with E-state index in [0.29, 0.717) is 0 Å². The van der Waals surface area contributed by atoms with Gasteiger partial charge in [-0.2, -0.15) is 0 Å². The fourth-order valence-corrected chi connectivity index (χ4v) is 1.08. The number of Topliss-reactive ketones (excluding diaryl/α,β-unsaturated/α-hetero) is 1. The van der Waals surface area contributed by atoms with Crippen molar-refractivity contribution in [1.82, 2.24) is 0 Å². The average molecular weight is 170 g/mol. The summed E-state index contributed by atoms with van der Waals surface area (Å²) in [5.74, 6) is -1.18. The van der Waals surface area contributed by atoms with Crippen molar-refractivity contribution in [3.8, 4) is 0 Å². The van der Waals surface area contributed by atoms with Crippen LogP contribution in [0.2, 0.25) is 0 Å². The van der Waals surface area contributed by atoms with Crippen LogP contribution in [0.5, 0.6) is 0 Å². The third kappa shape index (κ3) is 1.47. The maximum Gasteiger partial charge on any atom is 0.345 e. The summed E-state index contributed by atoms with van der Waals surface area (Å²) in [5.41, 5.74) is -0.170. The SMILES string of the molecule is CCOC(=O)C1=C(O)CCC1=O. The molecule has 0 aromatic rings. The number of carbonyl (C=O) groups excluding carboxylic acids is 2. The summed E-state index contributed by atoms with van der Waals surface area (Å²) in [6.07, 6.45) is 0.465. The largest absolute Gasteiger partial charge is 0.511 e. The van der Waals surface area contributed by atoms with Crippen LogP contribution in [0.15, 0.2) is 11.3 Å². The van der Waals surface area contributed by atoms with E-state index in [0.717, 1.165) is 0 Å². The van der Waals surface area contributed by atoms with Gasteiger partial charge in [0.1, 0.15) is 11.3 Å². The molecule has 1 aliphatic carbocycles. The van der Waals surface area contributed by atoms with Gasteiger partial charge in [-0.05, 0) is 6.92 Å². The molecule has 66 valence electrons. The van der Waals surface area contributed by atoms with Crippen LogP contribution < -0.4 is 0 Å². The number of ketones is 1. The Kier molecular flexibility index (Phi) is 2.47. The van der Waals surface area contributed by atoms with Crippen LogP contribution in [0.25, 0.3) is 0 Å². The second kappa shape index (κ2) is 3.38. The molecule has 0 aromatic carbocycles. The van der Waals surface area contributed by atoms with Crippen molar-refractivity contribution in [2.24, 2.45) is 0 Å². The zero-order valence-corrected chi connectivity index (χ0v) is 6.79. The molecular formula is C8H10O4. The number of rotatable bonds is 2. The van der Waals surface area contributed by atoms with Crippen LogP contribution >= 0.6 is 0 Å². The fraction of sp³-hybridized carbons (Fsp3) is 0.500. The highest BCUT2D eigenvalue weighted by Gasteiger charge is 2.29. The van der Waals surface area contributed by atoms with Crippen LogP contribution in [-0.2, 0) is 14.3 Å². The summed E-state index contributed by atoms with van der Waals surface area (Å²) in [6, 6.07) is 0. The van der Waals surface area contributed by atoms with Crippen molar-refractivity contribution in [3.05, 3.63) is 11.3 Å². The lowest BCUT2D eigenvalue weighted by atomic mass is 10.2. The lowest BCUT2D eigenvalue weighted by molar-refractivity contribution is -0.139. The summed E-state index contributed by atoms with van der Waals surface area (Å²) in [4.78, 5) is 22.0. The Morgan fingerprint density at radius 2 is 2.25 bits per heavy atom. The minimum absolute atomic E-state index is 0.140. The monoisotopic (exact) mass is 170 g/mol. The first-order valence-electron chi connectivity index (χ1n) is 3.79. The maximum absolute atomic E-state index is 11.0. The Bertz CT molecular complexity index is 252. The van der Waals surface area contributed by atoms with E-state index in [4.69, 9.17) is 5.11 Å². The molecule has 0 aromatic heterocycles. The zero-order valence-electron chi connectivity index (χ0n) is 6.79. The number of carbonyl (C=O) groups is 2. The number of esters is 1. The Balaban J connectivity index is 2.79. The highest BCUT2D eigenvalue weighted by molar-refractivity contribution is 6.19. The molecule has 0 saturated carbocycles. The van der Waals surface area contributed by atoms with Crippen molar-refractivity contribution >= 4 is 11.8 Å². The number of ether oxygens (including phenoxy) is 1. The van der Waals surface area contributed by atoms with Crippen molar-refractivity contribution in [3.63, 3.8) is 0 Å². The second-order valence-corrected chi connectivity index (χ2v) is 2.47. The standard InChI is InChI=1S/C8H10O4/c1-2-12-8(11)7-5(9)3-4-6(7)10/h9H,2-4H2,1H3. The van der Waals surface area contributed by atoms with Gasteiger partial charge in [0.25, 0.3) is 0 Å². The minimum Gasteiger partial charge on any atom is -0.511 e. The van der Waals surface area contributed by atoms with Gasteiger partial charge >= 0.3 is 5.97 Å². The van der Waals surface area contributed by atoms with E-state index in [-0.39, 0.29) is 36.6 Å². The first-order valence-corrected chi connectivity index (χ1v) is 3.79. The number of hydrogen-bond acceptors (Lipinski definition) is 4. The Hall–Kier alpha value is -1.32. The Morgan fingerprint density at radius 1 is 1.58 bits per heavy atom. The molecule has 4 nitrogen and oxygen atoms in total. The molecule has 12 heavy (non-hydrogen) atoms. The number of aliphatic hydroxyl groups excluding tert-OH is 1. The molecular weight excluding hydrogens is 160 g/mol. The lowest BCUT2D eigenvalue weighted by Gasteiger charge is -2.00. The molecule has 0 unspecified atom stereocenters. The van der Waals surface area contributed by atoms with Gasteiger partial charge in [0.15, 0.2) is 5.78 Å². The highest BCUT2D eigenvalue weighted by atomic mass is 16.5. The predicted octanol–water partition coefficient (Wildman–Crippen LogP) is 0.725. The van der Waals surface area contributed by atoms with Crippen molar-refractivity contribution in [2.45, 2.75) is 19.8 Å². The molecule has 1 N–H and O–H groups in total. The van der Waals surface area contributed by atoms with Crippen molar-refractivity contribution < 1.29 is 19.4 Å². The first kappa shape index (κ1) is 8.77. The van der Waals surface area contributed by atoms with Crippen LogP contribution in [0.3, 0.4) is 0 Å². The van der Waals surface area contributed by atoms with Gasteiger partial charge < -0.3 is 9.84 Å². The van der Waals surface area contributed by atoms with Crippen LogP contribution in [0, 0.1) is 0 Å². The van der Waals surface area contributed by atoms with Crippen LogP contribution in [-0.4, -0.2) is 23.5 Å². The molecule has 0 fully saturated rings. The molecule has 1 aliphatic rings. The summed E-state index contributed by atoms with van der Waals surface area (Å²) < 4.78 is 4.59. The number of allylic oxidation sites excluding steroid dienone is 1. The van der Waals surface area contributed by atoms with E-state index < -0.39 is 5.97 Å². The molecule has 0 spiro atoms. The first-order chi connectivity index (χ1) is 5.66. The lowest BCUT2D eigenvalue weighted by Crippen LogP contribution is -2.13. The summed E-state index contributed by atoms with van der Waals surface area (Å²) in [5, 5.41) is 9.11. The van der Waals surface area contributed by atoms with E-state index in [1.807, 2.05) is 0 Å². The van der Waals surface area contributed by atoms with Gasteiger partial charge in [-0.3, -0.25) is 4.79 Å². The topological polar surface area (TPSA) is 63.6 Å². The molecule has 0 heterocycles. The van der Waals surface area contributed by atoms with Gasteiger partial charge in [-0.15, -0.1) is 0 Å². The molecule has 0 radical (unpaired) electrons. The summed E-state index contributed by atoms with van der Waals surface area (Å²) >= 11 is 0. The molecule has 0 bridgehead atoms. The molecule has 1 rings (SSSR count). The minimum atomic E-state index is -0.711.